The summed E-state index contributed by atoms with van der Waals surface area (Å²) in [7, 11) is 3.98. The van der Waals surface area contributed by atoms with Gasteiger partial charge in [0.15, 0.2) is 0 Å². The third-order valence-corrected chi connectivity index (χ3v) is 2.79. The standard InChI is InChI=1S/C13H19FN4/c1-18(2)8-7-15-12-4-3-10(9-11(12)14)13-16-5-6-17-13/h3-4,9,15H,5-8H2,1-2H3,(H,16,17). The van der Waals surface area contributed by atoms with Crippen LogP contribution in [0.3, 0.4) is 0 Å². The molecule has 1 heterocycles. The zero-order valence-electron chi connectivity index (χ0n) is 10.8. The minimum atomic E-state index is -0.234. The Morgan fingerprint density at radius 2 is 2.28 bits per heavy atom. The monoisotopic (exact) mass is 250 g/mol. The smallest absolute Gasteiger partial charge is 0.147 e. The Morgan fingerprint density at radius 1 is 1.44 bits per heavy atom. The molecule has 0 amide bonds. The van der Waals surface area contributed by atoms with Crippen LogP contribution in [0.15, 0.2) is 23.2 Å². The van der Waals surface area contributed by atoms with Gasteiger partial charge in [-0.05, 0) is 32.3 Å². The zero-order chi connectivity index (χ0) is 13.0. The largest absolute Gasteiger partial charge is 0.381 e. The van der Waals surface area contributed by atoms with E-state index in [0.717, 1.165) is 37.6 Å². The molecule has 0 radical (unpaired) electrons. The lowest BCUT2D eigenvalue weighted by Gasteiger charge is -2.12. The van der Waals surface area contributed by atoms with E-state index in [1.807, 2.05) is 20.2 Å². The lowest BCUT2D eigenvalue weighted by Crippen LogP contribution is -2.21. The van der Waals surface area contributed by atoms with Gasteiger partial charge in [-0.1, -0.05) is 0 Å². The molecule has 18 heavy (non-hydrogen) atoms. The maximum atomic E-state index is 13.9. The fraction of sp³-hybridized carbons (Fsp3) is 0.462. The molecule has 0 aromatic heterocycles. The molecule has 2 rings (SSSR count). The van der Waals surface area contributed by atoms with Gasteiger partial charge in [0.25, 0.3) is 0 Å². The number of anilines is 1. The van der Waals surface area contributed by atoms with Gasteiger partial charge in [0.1, 0.15) is 11.7 Å². The summed E-state index contributed by atoms with van der Waals surface area (Å²) in [6, 6.07) is 5.18. The molecule has 4 nitrogen and oxygen atoms in total. The van der Waals surface area contributed by atoms with Crippen LogP contribution in [0.1, 0.15) is 5.56 Å². The van der Waals surface area contributed by atoms with Crippen LogP contribution in [-0.4, -0.2) is 51.0 Å². The van der Waals surface area contributed by atoms with Crippen molar-refractivity contribution in [1.29, 1.82) is 0 Å². The Morgan fingerprint density at radius 3 is 2.89 bits per heavy atom. The van der Waals surface area contributed by atoms with E-state index in [0.29, 0.717) is 5.69 Å². The molecule has 1 aliphatic heterocycles. The summed E-state index contributed by atoms with van der Waals surface area (Å²) < 4.78 is 13.9. The molecule has 0 aliphatic carbocycles. The summed E-state index contributed by atoms with van der Waals surface area (Å²) >= 11 is 0. The van der Waals surface area contributed by atoms with Crippen LogP contribution in [0.25, 0.3) is 0 Å². The van der Waals surface area contributed by atoms with Crippen molar-refractivity contribution in [1.82, 2.24) is 10.2 Å². The Bertz CT molecular complexity index is 443. The number of halogens is 1. The molecule has 0 atom stereocenters. The van der Waals surface area contributed by atoms with Crippen LogP contribution in [-0.2, 0) is 0 Å². The fourth-order valence-corrected chi connectivity index (χ4v) is 1.81. The SMILES string of the molecule is CN(C)CCNc1ccc(C2=NCCN2)cc1F. The highest BCUT2D eigenvalue weighted by atomic mass is 19.1. The number of nitrogens with zero attached hydrogens (tertiary/aromatic N) is 2. The molecule has 0 fully saturated rings. The second-order valence-corrected chi connectivity index (χ2v) is 4.58. The molecular formula is C13H19FN4. The number of aliphatic imine (C=N–C) groups is 1. The first-order chi connectivity index (χ1) is 8.66. The van der Waals surface area contributed by atoms with Gasteiger partial charge in [-0.2, -0.15) is 0 Å². The summed E-state index contributed by atoms with van der Waals surface area (Å²) in [4.78, 5) is 6.33. The fourth-order valence-electron chi connectivity index (χ4n) is 1.81. The second-order valence-electron chi connectivity index (χ2n) is 4.58. The second kappa shape index (κ2) is 5.82. The predicted octanol–water partition coefficient (Wildman–Crippen LogP) is 1.15. The van der Waals surface area contributed by atoms with E-state index in [1.165, 1.54) is 6.07 Å². The van der Waals surface area contributed by atoms with Crippen molar-refractivity contribution in [3.8, 4) is 0 Å². The predicted molar refractivity (Wildman–Crippen MR) is 72.9 cm³/mol. The van der Waals surface area contributed by atoms with E-state index in [-0.39, 0.29) is 5.82 Å². The van der Waals surface area contributed by atoms with Gasteiger partial charge in [0.2, 0.25) is 0 Å². The minimum Gasteiger partial charge on any atom is -0.381 e. The Labute approximate surface area is 107 Å². The molecule has 1 aliphatic rings. The molecule has 0 saturated heterocycles. The van der Waals surface area contributed by atoms with Crippen LogP contribution in [0, 0.1) is 5.82 Å². The van der Waals surface area contributed by atoms with E-state index in [9.17, 15) is 4.39 Å². The maximum absolute atomic E-state index is 13.9. The first kappa shape index (κ1) is 12.8. The van der Waals surface area contributed by atoms with Crippen molar-refractivity contribution in [3.05, 3.63) is 29.6 Å². The molecule has 2 N–H and O–H groups in total. The highest BCUT2D eigenvalue weighted by molar-refractivity contribution is 6.00. The van der Waals surface area contributed by atoms with Gasteiger partial charge < -0.3 is 15.5 Å². The molecule has 1 aromatic carbocycles. The minimum absolute atomic E-state index is 0.234. The lowest BCUT2D eigenvalue weighted by atomic mass is 10.2. The van der Waals surface area contributed by atoms with Crippen molar-refractivity contribution in [2.45, 2.75) is 0 Å². The van der Waals surface area contributed by atoms with Crippen molar-refractivity contribution in [3.63, 3.8) is 0 Å². The number of likely N-dealkylation sites (N-methyl/N-ethyl adjacent to an activating group) is 1. The number of nitrogens with one attached hydrogen (secondary N) is 2. The normalized spacial score (nSPS) is 14.6. The third kappa shape index (κ3) is 3.20. The van der Waals surface area contributed by atoms with Gasteiger partial charge in [-0.3, -0.25) is 4.99 Å². The van der Waals surface area contributed by atoms with E-state index >= 15 is 0 Å². The van der Waals surface area contributed by atoms with Crippen molar-refractivity contribution in [2.75, 3.05) is 45.6 Å². The van der Waals surface area contributed by atoms with Gasteiger partial charge in [0, 0.05) is 25.2 Å². The quantitative estimate of drug-likeness (QED) is 0.823. The third-order valence-electron chi connectivity index (χ3n) is 2.79. The zero-order valence-corrected chi connectivity index (χ0v) is 10.8. The number of hydrogen-bond donors (Lipinski definition) is 2. The van der Waals surface area contributed by atoms with Crippen LogP contribution in [0.4, 0.5) is 10.1 Å². The molecule has 0 spiro atoms. The summed E-state index contributed by atoms with van der Waals surface area (Å²) in [5.41, 5.74) is 1.35. The van der Waals surface area contributed by atoms with Crippen LogP contribution in [0.5, 0.6) is 0 Å². The molecular weight excluding hydrogens is 231 g/mol. The van der Waals surface area contributed by atoms with E-state index < -0.39 is 0 Å². The van der Waals surface area contributed by atoms with E-state index in [1.54, 1.807) is 6.07 Å². The van der Waals surface area contributed by atoms with E-state index in [2.05, 4.69) is 20.5 Å². The number of benzene rings is 1. The van der Waals surface area contributed by atoms with E-state index in [4.69, 9.17) is 0 Å². The molecule has 1 aromatic rings. The molecule has 0 saturated carbocycles. The molecule has 0 unspecified atom stereocenters. The Hall–Kier alpha value is -1.62. The lowest BCUT2D eigenvalue weighted by molar-refractivity contribution is 0.425. The molecule has 98 valence electrons. The summed E-state index contributed by atoms with van der Waals surface area (Å²) in [6.45, 7) is 3.19. The van der Waals surface area contributed by atoms with Gasteiger partial charge in [-0.15, -0.1) is 0 Å². The number of amidine groups is 1. The van der Waals surface area contributed by atoms with Crippen LogP contribution < -0.4 is 10.6 Å². The first-order valence-electron chi connectivity index (χ1n) is 6.13. The molecule has 5 heteroatoms. The summed E-state index contributed by atoms with van der Waals surface area (Å²) in [5, 5.41) is 6.22. The number of rotatable bonds is 5. The molecule has 0 bridgehead atoms. The highest BCUT2D eigenvalue weighted by Gasteiger charge is 2.10. The van der Waals surface area contributed by atoms with Gasteiger partial charge in [-0.25, -0.2) is 4.39 Å². The Balaban J connectivity index is 2.01. The summed E-state index contributed by atoms with van der Waals surface area (Å²) in [6.07, 6.45) is 0. The van der Waals surface area contributed by atoms with Crippen LogP contribution >= 0.6 is 0 Å². The maximum Gasteiger partial charge on any atom is 0.147 e. The van der Waals surface area contributed by atoms with Crippen molar-refractivity contribution in [2.24, 2.45) is 4.99 Å². The average Bonchev–Trinajstić information content (AvgIpc) is 2.84. The summed E-state index contributed by atoms with van der Waals surface area (Å²) in [5.74, 6) is 0.552. The highest BCUT2D eigenvalue weighted by Crippen LogP contribution is 2.16. The number of hydrogen-bond acceptors (Lipinski definition) is 4. The van der Waals surface area contributed by atoms with Crippen LogP contribution in [0.2, 0.25) is 0 Å². The average molecular weight is 250 g/mol. The topological polar surface area (TPSA) is 39.7 Å². The van der Waals surface area contributed by atoms with Gasteiger partial charge >= 0.3 is 0 Å². The first-order valence-corrected chi connectivity index (χ1v) is 6.13. The van der Waals surface area contributed by atoms with Gasteiger partial charge in [0.05, 0.1) is 12.2 Å². The van der Waals surface area contributed by atoms with Crippen molar-refractivity contribution >= 4 is 11.5 Å². The van der Waals surface area contributed by atoms with Crippen molar-refractivity contribution < 1.29 is 4.39 Å². The Kier molecular flexibility index (Phi) is 4.15.